The zero-order valence-electron chi connectivity index (χ0n) is 8.21. The summed E-state index contributed by atoms with van der Waals surface area (Å²) in [5.74, 6) is -0.920. The van der Waals surface area contributed by atoms with Crippen molar-refractivity contribution >= 4 is 5.97 Å². The van der Waals surface area contributed by atoms with E-state index in [4.69, 9.17) is 4.74 Å². The van der Waals surface area contributed by atoms with Crippen LogP contribution in [0.15, 0.2) is 12.3 Å². The van der Waals surface area contributed by atoms with Crippen molar-refractivity contribution < 1.29 is 13.9 Å². The summed E-state index contributed by atoms with van der Waals surface area (Å²) in [7, 11) is 0. The van der Waals surface area contributed by atoms with Crippen molar-refractivity contribution in [2.24, 2.45) is 0 Å². The van der Waals surface area contributed by atoms with Gasteiger partial charge in [0.1, 0.15) is 0 Å². The number of esters is 1. The van der Waals surface area contributed by atoms with Crippen LogP contribution in [0.3, 0.4) is 0 Å². The number of aromatic nitrogens is 1. The summed E-state index contributed by atoms with van der Waals surface area (Å²) >= 11 is 0. The van der Waals surface area contributed by atoms with E-state index in [0.717, 1.165) is 5.56 Å². The quantitative estimate of drug-likeness (QED) is 0.546. The number of hydrogen-bond donors (Lipinski definition) is 0. The summed E-state index contributed by atoms with van der Waals surface area (Å²) in [6.07, 6.45) is 1.50. The Hall–Kier alpha value is -1.45. The van der Waals surface area contributed by atoms with Crippen molar-refractivity contribution in [1.82, 2.24) is 4.98 Å². The zero-order chi connectivity index (χ0) is 10.6. The molecule has 0 spiro atoms. The van der Waals surface area contributed by atoms with Gasteiger partial charge in [-0.15, -0.1) is 0 Å². The Morgan fingerprint density at radius 1 is 1.64 bits per heavy atom. The Bertz CT molecular complexity index is 339. The van der Waals surface area contributed by atoms with Gasteiger partial charge in [-0.1, -0.05) is 0 Å². The predicted molar refractivity (Wildman–Crippen MR) is 49.3 cm³/mol. The second-order valence-corrected chi connectivity index (χ2v) is 2.92. The number of halogens is 1. The van der Waals surface area contributed by atoms with E-state index in [1.807, 2.05) is 0 Å². The highest BCUT2D eigenvalue weighted by molar-refractivity contribution is 5.72. The molecule has 1 heterocycles. The van der Waals surface area contributed by atoms with Gasteiger partial charge in [-0.25, -0.2) is 4.98 Å². The average molecular weight is 197 g/mol. The molecular weight excluding hydrogens is 185 g/mol. The van der Waals surface area contributed by atoms with E-state index in [1.54, 1.807) is 13.8 Å². The van der Waals surface area contributed by atoms with Crippen molar-refractivity contribution in [3.63, 3.8) is 0 Å². The normalized spacial score (nSPS) is 9.93. The molecule has 3 nitrogen and oxygen atoms in total. The van der Waals surface area contributed by atoms with Crippen LogP contribution in [-0.4, -0.2) is 17.6 Å². The van der Waals surface area contributed by atoms with Gasteiger partial charge in [-0.3, -0.25) is 4.79 Å². The SMILES string of the molecule is CCOC(=O)Cc1cc(F)ncc1C. The third-order valence-corrected chi connectivity index (χ3v) is 1.82. The van der Waals surface area contributed by atoms with Gasteiger partial charge in [0, 0.05) is 6.20 Å². The van der Waals surface area contributed by atoms with Crippen LogP contribution in [0, 0.1) is 12.9 Å². The van der Waals surface area contributed by atoms with Crippen LogP contribution in [0.1, 0.15) is 18.1 Å². The lowest BCUT2D eigenvalue weighted by Gasteiger charge is -2.04. The van der Waals surface area contributed by atoms with Crippen molar-refractivity contribution in [3.05, 3.63) is 29.3 Å². The first-order valence-electron chi connectivity index (χ1n) is 4.40. The van der Waals surface area contributed by atoms with E-state index < -0.39 is 5.95 Å². The maximum absolute atomic E-state index is 12.7. The highest BCUT2D eigenvalue weighted by Crippen LogP contribution is 2.09. The lowest BCUT2D eigenvalue weighted by molar-refractivity contribution is -0.142. The molecule has 0 saturated heterocycles. The van der Waals surface area contributed by atoms with E-state index >= 15 is 0 Å². The molecule has 0 aromatic carbocycles. The maximum Gasteiger partial charge on any atom is 0.310 e. The number of pyridine rings is 1. The minimum atomic E-state index is -0.574. The molecule has 1 rings (SSSR count). The number of carbonyl (C=O) groups excluding carboxylic acids is 1. The van der Waals surface area contributed by atoms with E-state index in [9.17, 15) is 9.18 Å². The topological polar surface area (TPSA) is 39.2 Å². The summed E-state index contributed by atoms with van der Waals surface area (Å²) in [6, 6.07) is 1.26. The molecule has 4 heteroatoms. The van der Waals surface area contributed by atoms with E-state index in [2.05, 4.69) is 4.98 Å². The number of hydrogen-bond acceptors (Lipinski definition) is 3. The van der Waals surface area contributed by atoms with Gasteiger partial charge in [0.2, 0.25) is 5.95 Å². The molecule has 0 N–H and O–H groups in total. The number of ether oxygens (including phenoxy) is 1. The molecule has 76 valence electrons. The van der Waals surface area contributed by atoms with Crippen LogP contribution in [0.25, 0.3) is 0 Å². The molecule has 0 unspecified atom stereocenters. The first-order valence-corrected chi connectivity index (χ1v) is 4.40. The Morgan fingerprint density at radius 2 is 2.36 bits per heavy atom. The summed E-state index contributed by atoms with van der Waals surface area (Å²) in [4.78, 5) is 14.6. The van der Waals surface area contributed by atoms with Crippen LogP contribution in [-0.2, 0) is 16.0 Å². The molecule has 0 aliphatic rings. The first kappa shape index (κ1) is 10.6. The lowest BCUT2D eigenvalue weighted by Crippen LogP contribution is -2.09. The third-order valence-electron chi connectivity index (χ3n) is 1.82. The van der Waals surface area contributed by atoms with E-state index in [1.165, 1.54) is 12.3 Å². The zero-order valence-corrected chi connectivity index (χ0v) is 8.21. The van der Waals surface area contributed by atoms with Gasteiger partial charge in [-0.2, -0.15) is 4.39 Å². The molecule has 14 heavy (non-hydrogen) atoms. The van der Waals surface area contributed by atoms with Crippen LogP contribution in [0.5, 0.6) is 0 Å². The van der Waals surface area contributed by atoms with Gasteiger partial charge in [0.05, 0.1) is 13.0 Å². The number of aryl methyl sites for hydroxylation is 1. The smallest absolute Gasteiger partial charge is 0.310 e. The molecule has 0 aliphatic heterocycles. The fourth-order valence-electron chi connectivity index (χ4n) is 1.09. The summed E-state index contributed by atoms with van der Waals surface area (Å²) in [5, 5.41) is 0. The summed E-state index contributed by atoms with van der Waals surface area (Å²) in [6.45, 7) is 3.85. The van der Waals surface area contributed by atoms with Gasteiger partial charge in [0.15, 0.2) is 0 Å². The molecule has 1 aromatic rings. The monoisotopic (exact) mass is 197 g/mol. The Balaban J connectivity index is 2.75. The van der Waals surface area contributed by atoms with Gasteiger partial charge in [-0.05, 0) is 31.0 Å². The maximum atomic E-state index is 12.7. The van der Waals surface area contributed by atoms with Crippen LogP contribution >= 0.6 is 0 Å². The number of nitrogens with zero attached hydrogens (tertiary/aromatic N) is 1. The molecule has 0 saturated carbocycles. The highest BCUT2D eigenvalue weighted by atomic mass is 19.1. The highest BCUT2D eigenvalue weighted by Gasteiger charge is 2.07. The molecular formula is C10H12FNO2. The Kier molecular flexibility index (Phi) is 3.56. The third kappa shape index (κ3) is 2.80. The van der Waals surface area contributed by atoms with Crippen LogP contribution in [0.4, 0.5) is 4.39 Å². The van der Waals surface area contributed by atoms with Crippen molar-refractivity contribution in [2.45, 2.75) is 20.3 Å². The molecule has 0 bridgehead atoms. The number of carbonyl (C=O) groups is 1. The molecule has 0 fully saturated rings. The van der Waals surface area contributed by atoms with Gasteiger partial charge < -0.3 is 4.74 Å². The molecule has 0 amide bonds. The first-order chi connectivity index (χ1) is 6.63. The predicted octanol–water partition coefficient (Wildman–Crippen LogP) is 1.63. The summed E-state index contributed by atoms with van der Waals surface area (Å²) < 4.78 is 17.5. The summed E-state index contributed by atoms with van der Waals surface area (Å²) in [5.41, 5.74) is 1.41. The second kappa shape index (κ2) is 4.69. The Morgan fingerprint density at radius 3 is 3.00 bits per heavy atom. The van der Waals surface area contributed by atoms with E-state index in [0.29, 0.717) is 12.2 Å². The van der Waals surface area contributed by atoms with Crippen LogP contribution in [0.2, 0.25) is 0 Å². The molecule has 0 radical (unpaired) electrons. The fourth-order valence-corrected chi connectivity index (χ4v) is 1.09. The Labute approximate surface area is 81.9 Å². The van der Waals surface area contributed by atoms with Crippen molar-refractivity contribution in [2.75, 3.05) is 6.61 Å². The lowest BCUT2D eigenvalue weighted by atomic mass is 10.1. The molecule has 0 aliphatic carbocycles. The van der Waals surface area contributed by atoms with Gasteiger partial charge >= 0.3 is 5.97 Å². The largest absolute Gasteiger partial charge is 0.466 e. The second-order valence-electron chi connectivity index (χ2n) is 2.92. The standard InChI is InChI=1S/C10H12FNO2/c1-3-14-10(13)5-8-4-9(11)12-6-7(8)2/h4,6H,3,5H2,1-2H3. The van der Waals surface area contributed by atoms with Crippen molar-refractivity contribution in [3.8, 4) is 0 Å². The number of rotatable bonds is 3. The minimum Gasteiger partial charge on any atom is -0.466 e. The molecule has 0 atom stereocenters. The molecule has 1 aromatic heterocycles. The van der Waals surface area contributed by atoms with E-state index in [-0.39, 0.29) is 12.4 Å². The fraction of sp³-hybridized carbons (Fsp3) is 0.400. The average Bonchev–Trinajstić information content (AvgIpc) is 2.12. The van der Waals surface area contributed by atoms with Crippen LogP contribution < -0.4 is 0 Å². The minimum absolute atomic E-state index is 0.0963. The van der Waals surface area contributed by atoms with Crippen molar-refractivity contribution in [1.29, 1.82) is 0 Å². The van der Waals surface area contributed by atoms with Gasteiger partial charge in [0.25, 0.3) is 0 Å².